The quantitative estimate of drug-likeness (QED) is 0.815. The summed E-state index contributed by atoms with van der Waals surface area (Å²) in [4.78, 5) is 0.0179. The number of sulfonamides is 1. The van der Waals surface area contributed by atoms with Gasteiger partial charge in [-0.3, -0.25) is 0 Å². The van der Waals surface area contributed by atoms with Crippen molar-refractivity contribution in [2.75, 3.05) is 19.8 Å². The van der Waals surface area contributed by atoms with E-state index in [2.05, 4.69) is 16.6 Å². The van der Waals surface area contributed by atoms with Gasteiger partial charge in [0.1, 0.15) is 11.5 Å². The number of nitrogens with one attached hydrogen (secondary N) is 1. The monoisotopic (exact) mass is 329 g/mol. The van der Waals surface area contributed by atoms with Gasteiger partial charge in [0.2, 0.25) is 10.0 Å². The van der Waals surface area contributed by atoms with E-state index in [-0.39, 0.29) is 22.6 Å². The molecule has 1 aliphatic rings. The van der Waals surface area contributed by atoms with Gasteiger partial charge in [-0.05, 0) is 31.0 Å². The third-order valence-electron chi connectivity index (χ3n) is 3.02. The van der Waals surface area contributed by atoms with Crippen LogP contribution >= 0.6 is 11.6 Å². The van der Waals surface area contributed by atoms with Gasteiger partial charge in [0.05, 0.1) is 11.6 Å². The highest BCUT2D eigenvalue weighted by Gasteiger charge is 2.24. The van der Waals surface area contributed by atoms with Gasteiger partial charge in [0.15, 0.2) is 0 Å². The molecule has 1 saturated heterocycles. The van der Waals surface area contributed by atoms with Crippen LogP contribution in [-0.4, -0.2) is 39.4 Å². The van der Waals surface area contributed by atoms with E-state index in [1.807, 2.05) is 0 Å². The minimum Gasteiger partial charge on any atom is -0.384 e. The first-order chi connectivity index (χ1) is 10.0. The molecule has 114 valence electrons. The van der Waals surface area contributed by atoms with Gasteiger partial charge in [0.25, 0.3) is 0 Å². The second kappa shape index (κ2) is 7.25. The maximum Gasteiger partial charge on any atom is 0.242 e. The van der Waals surface area contributed by atoms with Crippen molar-refractivity contribution in [1.29, 1.82) is 0 Å². The lowest BCUT2D eigenvalue weighted by Gasteiger charge is -2.23. The predicted octanol–water partition coefficient (Wildman–Crippen LogP) is 1.14. The molecule has 7 heteroatoms. The van der Waals surface area contributed by atoms with Crippen LogP contribution in [0, 0.1) is 11.8 Å². The Kier molecular flexibility index (Phi) is 5.62. The molecule has 1 aromatic carbocycles. The number of benzene rings is 1. The molecule has 0 bridgehead atoms. The van der Waals surface area contributed by atoms with Crippen LogP contribution in [0.15, 0.2) is 23.1 Å². The molecule has 2 N–H and O–H groups in total. The van der Waals surface area contributed by atoms with E-state index in [1.165, 1.54) is 12.1 Å². The van der Waals surface area contributed by atoms with E-state index in [1.54, 1.807) is 6.07 Å². The highest BCUT2D eigenvalue weighted by atomic mass is 35.5. The van der Waals surface area contributed by atoms with Crippen molar-refractivity contribution in [2.45, 2.75) is 23.8 Å². The molecule has 21 heavy (non-hydrogen) atoms. The van der Waals surface area contributed by atoms with Crippen molar-refractivity contribution in [3.05, 3.63) is 28.8 Å². The SMILES string of the molecule is O=S(=O)(NC1CCCOC1)c1ccc(C#CCO)cc1Cl. The van der Waals surface area contributed by atoms with Crippen molar-refractivity contribution < 1.29 is 18.3 Å². The molecule has 1 aliphatic heterocycles. The third kappa shape index (κ3) is 4.43. The zero-order valence-electron chi connectivity index (χ0n) is 11.3. The van der Waals surface area contributed by atoms with E-state index in [0.717, 1.165) is 12.8 Å². The molecule has 1 unspecified atom stereocenters. The lowest BCUT2D eigenvalue weighted by Crippen LogP contribution is -2.40. The fraction of sp³-hybridized carbons (Fsp3) is 0.429. The molecular weight excluding hydrogens is 314 g/mol. The van der Waals surface area contributed by atoms with Crippen LogP contribution < -0.4 is 4.72 Å². The first-order valence-electron chi connectivity index (χ1n) is 6.52. The van der Waals surface area contributed by atoms with Gasteiger partial charge >= 0.3 is 0 Å². The molecule has 0 saturated carbocycles. The van der Waals surface area contributed by atoms with Crippen molar-refractivity contribution in [3.63, 3.8) is 0 Å². The molecule has 1 heterocycles. The summed E-state index contributed by atoms with van der Waals surface area (Å²) < 4.78 is 32.5. The number of halogens is 1. The fourth-order valence-electron chi connectivity index (χ4n) is 2.05. The summed E-state index contributed by atoms with van der Waals surface area (Å²) in [5.74, 6) is 5.16. The van der Waals surface area contributed by atoms with Crippen LogP contribution in [0.25, 0.3) is 0 Å². The zero-order chi connectivity index (χ0) is 15.3. The molecule has 0 radical (unpaired) electrons. The Labute approximate surface area is 129 Å². The van der Waals surface area contributed by atoms with E-state index in [0.29, 0.717) is 18.8 Å². The summed E-state index contributed by atoms with van der Waals surface area (Å²) in [6.07, 6.45) is 1.58. The van der Waals surface area contributed by atoms with E-state index in [4.69, 9.17) is 21.4 Å². The Hall–Kier alpha value is -1.10. The van der Waals surface area contributed by atoms with E-state index < -0.39 is 10.0 Å². The second-order valence-electron chi connectivity index (χ2n) is 4.64. The first-order valence-corrected chi connectivity index (χ1v) is 8.38. The van der Waals surface area contributed by atoms with Gasteiger partial charge in [-0.15, -0.1) is 0 Å². The largest absolute Gasteiger partial charge is 0.384 e. The Bertz CT molecular complexity index is 657. The Morgan fingerprint density at radius 1 is 1.48 bits per heavy atom. The normalized spacial score (nSPS) is 18.9. The molecule has 0 amide bonds. The molecule has 1 atom stereocenters. The van der Waals surface area contributed by atoms with Crippen molar-refractivity contribution >= 4 is 21.6 Å². The van der Waals surface area contributed by atoms with E-state index >= 15 is 0 Å². The first kappa shape index (κ1) is 16.3. The lowest BCUT2D eigenvalue weighted by molar-refractivity contribution is 0.0774. The van der Waals surface area contributed by atoms with Crippen LogP contribution in [-0.2, 0) is 14.8 Å². The zero-order valence-corrected chi connectivity index (χ0v) is 12.9. The summed E-state index contributed by atoms with van der Waals surface area (Å²) in [6, 6.07) is 4.21. The van der Waals surface area contributed by atoms with Gasteiger partial charge < -0.3 is 9.84 Å². The van der Waals surface area contributed by atoms with Crippen LogP contribution in [0.1, 0.15) is 18.4 Å². The summed E-state index contributed by atoms with van der Waals surface area (Å²) in [6.45, 7) is 0.773. The minimum atomic E-state index is -3.69. The second-order valence-corrected chi connectivity index (χ2v) is 6.73. The van der Waals surface area contributed by atoms with Crippen molar-refractivity contribution in [3.8, 4) is 11.8 Å². The average Bonchev–Trinajstić information content (AvgIpc) is 2.45. The summed E-state index contributed by atoms with van der Waals surface area (Å²) in [7, 11) is -3.69. The van der Waals surface area contributed by atoms with Gasteiger partial charge in [-0.1, -0.05) is 23.4 Å². The third-order valence-corrected chi connectivity index (χ3v) is 5.02. The highest BCUT2D eigenvalue weighted by Crippen LogP contribution is 2.23. The Morgan fingerprint density at radius 2 is 2.29 bits per heavy atom. The highest BCUT2D eigenvalue weighted by molar-refractivity contribution is 7.89. The number of aliphatic hydroxyl groups excluding tert-OH is 1. The average molecular weight is 330 g/mol. The summed E-state index contributed by atoms with van der Waals surface area (Å²) in [5.41, 5.74) is 0.550. The number of ether oxygens (including phenoxy) is 1. The number of hydrogen-bond donors (Lipinski definition) is 2. The fourth-order valence-corrected chi connectivity index (χ4v) is 3.85. The Balaban J connectivity index is 2.19. The number of hydrogen-bond acceptors (Lipinski definition) is 4. The molecular formula is C14H16ClNO4S. The molecule has 0 aliphatic carbocycles. The predicted molar refractivity (Wildman–Crippen MR) is 79.6 cm³/mol. The Morgan fingerprint density at radius 3 is 2.90 bits per heavy atom. The summed E-state index contributed by atoms with van der Waals surface area (Å²) in [5, 5.41) is 8.74. The molecule has 0 aromatic heterocycles. The molecule has 1 aromatic rings. The van der Waals surface area contributed by atoms with Crippen LogP contribution in [0.5, 0.6) is 0 Å². The van der Waals surface area contributed by atoms with Gasteiger partial charge in [-0.2, -0.15) is 0 Å². The molecule has 0 spiro atoms. The standard InChI is InChI=1S/C14H16ClNO4S/c15-13-9-11(3-1-7-17)5-6-14(13)21(18,19)16-12-4-2-8-20-10-12/h5-6,9,12,16-17H,2,4,7-8,10H2. The maximum atomic E-state index is 12.3. The molecule has 2 rings (SSSR count). The van der Waals surface area contributed by atoms with Crippen molar-refractivity contribution in [1.82, 2.24) is 4.72 Å². The summed E-state index contributed by atoms with van der Waals surface area (Å²) >= 11 is 6.03. The minimum absolute atomic E-state index is 0.0179. The molecule has 1 fully saturated rings. The van der Waals surface area contributed by atoms with Crippen molar-refractivity contribution in [2.24, 2.45) is 0 Å². The van der Waals surface area contributed by atoms with Crippen LogP contribution in [0.2, 0.25) is 5.02 Å². The van der Waals surface area contributed by atoms with E-state index in [9.17, 15) is 8.42 Å². The van der Waals surface area contributed by atoms with Crippen LogP contribution in [0.3, 0.4) is 0 Å². The van der Waals surface area contributed by atoms with Gasteiger partial charge in [-0.25, -0.2) is 13.1 Å². The molecule has 5 nitrogen and oxygen atoms in total. The number of rotatable bonds is 3. The topological polar surface area (TPSA) is 75.6 Å². The lowest BCUT2D eigenvalue weighted by atomic mass is 10.1. The smallest absolute Gasteiger partial charge is 0.242 e. The maximum absolute atomic E-state index is 12.3. The van der Waals surface area contributed by atoms with Crippen LogP contribution in [0.4, 0.5) is 0 Å². The van der Waals surface area contributed by atoms with Gasteiger partial charge in [0, 0.05) is 18.2 Å². The number of aliphatic hydroxyl groups is 1.